The minimum Gasteiger partial charge on any atom is -0.352 e. The molecular weight excluding hydrogens is 307 g/mol. The van der Waals surface area contributed by atoms with Gasteiger partial charge in [-0.1, -0.05) is 20.4 Å². The van der Waals surface area contributed by atoms with Crippen molar-refractivity contribution in [3.63, 3.8) is 0 Å². The SMILES string of the molecule is C=C1C[C@H]2[C@@H]3C[C@@H](F)C(=O)[C@@]3(C)CC[C@@H]2[C@@]2(C)CCC(=O)C3OC132. The third-order valence-electron chi connectivity index (χ3n) is 8.61. The highest BCUT2D eigenvalue weighted by Crippen LogP contribution is 2.73. The molecule has 4 heteroatoms. The lowest BCUT2D eigenvalue weighted by molar-refractivity contribution is -0.138. The molecule has 0 N–H and O–H groups in total. The third kappa shape index (κ3) is 1.41. The number of rotatable bonds is 0. The van der Waals surface area contributed by atoms with E-state index in [1.165, 1.54) is 0 Å². The second-order valence-corrected chi connectivity index (χ2v) is 9.33. The summed E-state index contributed by atoms with van der Waals surface area (Å²) >= 11 is 0. The van der Waals surface area contributed by atoms with E-state index in [1.807, 2.05) is 6.92 Å². The highest BCUT2D eigenvalue weighted by atomic mass is 19.1. The number of Topliss-reactive ketones (excluding diaryl/α,β-unsaturated/α-hetero) is 2. The normalized spacial score (nSPS) is 58.6. The number of halogens is 1. The van der Waals surface area contributed by atoms with Gasteiger partial charge in [0.25, 0.3) is 0 Å². The summed E-state index contributed by atoms with van der Waals surface area (Å²) in [5.74, 6) is 0.848. The van der Waals surface area contributed by atoms with Crippen LogP contribution in [0.1, 0.15) is 52.4 Å². The first-order chi connectivity index (χ1) is 11.3. The first-order valence-corrected chi connectivity index (χ1v) is 9.33. The average Bonchev–Trinajstić information content (AvgIpc) is 3.26. The maximum atomic E-state index is 14.2. The van der Waals surface area contributed by atoms with Crippen molar-refractivity contribution in [2.45, 2.75) is 70.2 Å². The predicted molar refractivity (Wildman–Crippen MR) is 86.0 cm³/mol. The van der Waals surface area contributed by atoms with Crippen LogP contribution in [0.15, 0.2) is 12.2 Å². The minimum atomic E-state index is -1.30. The molecule has 1 aliphatic heterocycles. The fraction of sp³-hybridized carbons (Fsp3) is 0.800. The molecule has 2 unspecified atom stereocenters. The van der Waals surface area contributed by atoms with Crippen LogP contribution in [0.4, 0.5) is 4.39 Å². The van der Waals surface area contributed by atoms with Gasteiger partial charge in [-0.2, -0.15) is 0 Å². The van der Waals surface area contributed by atoms with Crippen molar-refractivity contribution in [2.75, 3.05) is 0 Å². The van der Waals surface area contributed by atoms with Gasteiger partial charge < -0.3 is 4.74 Å². The maximum absolute atomic E-state index is 14.2. The van der Waals surface area contributed by atoms with Crippen LogP contribution in [0.25, 0.3) is 0 Å². The van der Waals surface area contributed by atoms with Crippen LogP contribution in [0, 0.1) is 28.6 Å². The summed E-state index contributed by atoms with van der Waals surface area (Å²) in [7, 11) is 0. The summed E-state index contributed by atoms with van der Waals surface area (Å²) in [5.41, 5.74) is -0.0432. The number of ketones is 2. The Morgan fingerprint density at radius 1 is 1.21 bits per heavy atom. The van der Waals surface area contributed by atoms with Crippen molar-refractivity contribution in [2.24, 2.45) is 28.6 Å². The Morgan fingerprint density at radius 2 is 1.96 bits per heavy atom. The highest BCUT2D eigenvalue weighted by Gasteiger charge is 2.78. The van der Waals surface area contributed by atoms with Gasteiger partial charge in [-0.15, -0.1) is 0 Å². The van der Waals surface area contributed by atoms with Crippen LogP contribution in [0.5, 0.6) is 0 Å². The lowest BCUT2D eigenvalue weighted by atomic mass is 9.44. The van der Waals surface area contributed by atoms with E-state index in [0.29, 0.717) is 24.7 Å². The van der Waals surface area contributed by atoms with Crippen molar-refractivity contribution < 1.29 is 18.7 Å². The zero-order chi connectivity index (χ0) is 17.1. The van der Waals surface area contributed by atoms with Gasteiger partial charge in [0.2, 0.25) is 0 Å². The Hall–Kier alpha value is -1.03. The van der Waals surface area contributed by atoms with Crippen LogP contribution >= 0.6 is 0 Å². The summed E-state index contributed by atoms with van der Waals surface area (Å²) in [6, 6.07) is 0. The molecule has 1 heterocycles. The van der Waals surface area contributed by atoms with E-state index >= 15 is 0 Å². The van der Waals surface area contributed by atoms with Crippen molar-refractivity contribution in [3.05, 3.63) is 12.2 Å². The second kappa shape index (κ2) is 4.20. The van der Waals surface area contributed by atoms with E-state index in [0.717, 1.165) is 31.3 Å². The largest absolute Gasteiger partial charge is 0.352 e. The zero-order valence-corrected chi connectivity index (χ0v) is 14.4. The smallest absolute Gasteiger partial charge is 0.173 e. The summed E-state index contributed by atoms with van der Waals surface area (Å²) in [6.45, 7) is 8.54. The zero-order valence-electron chi connectivity index (χ0n) is 14.4. The Labute approximate surface area is 142 Å². The summed E-state index contributed by atoms with van der Waals surface area (Å²) in [6.07, 6.45) is 2.68. The summed E-state index contributed by atoms with van der Waals surface area (Å²) in [4.78, 5) is 24.6. The van der Waals surface area contributed by atoms with Gasteiger partial charge >= 0.3 is 0 Å². The lowest BCUT2D eigenvalue weighted by Gasteiger charge is -2.58. The molecule has 0 radical (unpaired) electrons. The number of carbonyl (C=O) groups excluding carboxylic acids is 2. The van der Waals surface area contributed by atoms with Gasteiger partial charge in [0.05, 0.1) is 0 Å². The van der Waals surface area contributed by atoms with E-state index in [9.17, 15) is 14.0 Å². The molecule has 24 heavy (non-hydrogen) atoms. The number of hydrogen-bond donors (Lipinski definition) is 0. The van der Waals surface area contributed by atoms with Crippen molar-refractivity contribution in [1.82, 2.24) is 0 Å². The molecule has 0 aromatic carbocycles. The molecule has 3 nitrogen and oxygen atoms in total. The minimum absolute atomic E-state index is 0.0929. The van der Waals surface area contributed by atoms with Gasteiger partial charge in [-0.05, 0) is 55.4 Å². The summed E-state index contributed by atoms with van der Waals surface area (Å²) in [5, 5.41) is 0. The molecule has 0 aromatic rings. The molecule has 4 saturated carbocycles. The molecule has 1 spiro atoms. The molecular formula is C20H25FO3. The first kappa shape index (κ1) is 15.2. The molecule has 5 fully saturated rings. The number of fused-ring (bicyclic) bond motifs is 4. The van der Waals surface area contributed by atoms with Crippen LogP contribution < -0.4 is 0 Å². The Balaban J connectivity index is 1.57. The number of hydrogen-bond acceptors (Lipinski definition) is 3. The maximum Gasteiger partial charge on any atom is 0.173 e. The number of ether oxygens (including phenoxy) is 1. The van der Waals surface area contributed by atoms with E-state index < -0.39 is 17.2 Å². The van der Waals surface area contributed by atoms with Crippen molar-refractivity contribution in [1.29, 1.82) is 0 Å². The molecule has 0 amide bonds. The number of carbonyl (C=O) groups is 2. The predicted octanol–water partition coefficient (Wildman–Crippen LogP) is 3.41. The summed E-state index contributed by atoms with van der Waals surface area (Å²) < 4.78 is 20.3. The number of alkyl halides is 1. The fourth-order valence-electron chi connectivity index (χ4n) is 7.26. The van der Waals surface area contributed by atoms with Crippen molar-refractivity contribution >= 4 is 11.6 Å². The van der Waals surface area contributed by atoms with E-state index in [4.69, 9.17) is 4.74 Å². The molecule has 1 saturated heterocycles. The molecule has 130 valence electrons. The van der Waals surface area contributed by atoms with Gasteiger partial charge in [0.1, 0.15) is 5.60 Å². The van der Waals surface area contributed by atoms with E-state index in [2.05, 4.69) is 13.5 Å². The van der Waals surface area contributed by atoms with Crippen LogP contribution in [-0.4, -0.2) is 29.4 Å². The van der Waals surface area contributed by atoms with Gasteiger partial charge in [-0.25, -0.2) is 4.39 Å². The van der Waals surface area contributed by atoms with Gasteiger partial charge in [0.15, 0.2) is 23.8 Å². The quantitative estimate of drug-likeness (QED) is 0.504. The monoisotopic (exact) mass is 332 g/mol. The Morgan fingerprint density at radius 3 is 2.71 bits per heavy atom. The molecule has 4 aliphatic carbocycles. The van der Waals surface area contributed by atoms with E-state index in [-0.39, 0.29) is 29.0 Å². The number of epoxide rings is 1. The van der Waals surface area contributed by atoms with Gasteiger partial charge in [-0.3, -0.25) is 9.59 Å². The third-order valence-corrected chi connectivity index (χ3v) is 8.61. The molecule has 5 aliphatic rings. The van der Waals surface area contributed by atoms with Crippen molar-refractivity contribution in [3.8, 4) is 0 Å². The second-order valence-electron chi connectivity index (χ2n) is 9.33. The Bertz CT molecular complexity index is 686. The van der Waals surface area contributed by atoms with Crippen LogP contribution in [0.3, 0.4) is 0 Å². The Kier molecular flexibility index (Phi) is 2.67. The topological polar surface area (TPSA) is 46.7 Å². The average molecular weight is 332 g/mol. The standard InChI is InChI=1S/C20H25FO3/c1-10-8-11-12(4-6-18(2)13(11)9-14(21)16(18)23)19(3)7-5-15(22)17-20(10,19)24-17/h11-14,17H,1,4-9H2,2-3H3/t11-,12+,13+,14-,17?,18+,19-,20?/m1/s1. The lowest BCUT2D eigenvalue weighted by Crippen LogP contribution is -2.59. The van der Waals surface area contributed by atoms with E-state index in [1.54, 1.807) is 0 Å². The molecule has 0 bridgehead atoms. The highest BCUT2D eigenvalue weighted by molar-refractivity contribution is 5.92. The fourth-order valence-corrected chi connectivity index (χ4v) is 7.26. The molecule has 0 aromatic heterocycles. The van der Waals surface area contributed by atoms with Gasteiger partial charge in [0, 0.05) is 17.3 Å². The van der Waals surface area contributed by atoms with Crippen LogP contribution in [-0.2, 0) is 14.3 Å². The molecule has 5 rings (SSSR count). The first-order valence-electron chi connectivity index (χ1n) is 9.33. The molecule has 8 atom stereocenters. The van der Waals surface area contributed by atoms with Crippen LogP contribution in [0.2, 0.25) is 0 Å².